The molecule has 0 radical (unpaired) electrons. The molecule has 3 aliphatic rings. The first-order chi connectivity index (χ1) is 12.5. The third-order valence-corrected chi connectivity index (χ3v) is 7.38. The Morgan fingerprint density at radius 3 is 2.62 bits per heavy atom. The van der Waals surface area contributed by atoms with Gasteiger partial charge in [-0.3, -0.25) is 0 Å². The second kappa shape index (κ2) is 5.90. The molecular weight excluding hydrogens is 369 g/mol. The highest BCUT2D eigenvalue weighted by Gasteiger charge is 2.53. The molecule has 2 aromatic rings. The van der Waals surface area contributed by atoms with Gasteiger partial charge in [0.1, 0.15) is 0 Å². The molecule has 1 heterocycles. The Bertz CT molecular complexity index is 913. The van der Waals surface area contributed by atoms with Crippen molar-refractivity contribution in [3.05, 3.63) is 63.1 Å². The van der Waals surface area contributed by atoms with Crippen molar-refractivity contribution in [2.45, 2.75) is 31.2 Å². The molecule has 5 heteroatoms. The fourth-order valence-corrected chi connectivity index (χ4v) is 5.96. The summed E-state index contributed by atoms with van der Waals surface area (Å²) >= 11 is 12.4. The first-order valence-corrected chi connectivity index (χ1v) is 9.87. The molecule has 3 nitrogen and oxygen atoms in total. The Morgan fingerprint density at radius 1 is 1.04 bits per heavy atom. The van der Waals surface area contributed by atoms with E-state index in [2.05, 4.69) is 11.4 Å². The first-order valence-electron chi connectivity index (χ1n) is 9.11. The third kappa shape index (κ3) is 2.37. The van der Waals surface area contributed by atoms with Gasteiger partial charge in [-0.1, -0.05) is 29.3 Å². The number of benzene rings is 2. The maximum atomic E-state index is 11.4. The van der Waals surface area contributed by atoms with E-state index in [1.807, 2.05) is 24.3 Å². The lowest BCUT2D eigenvalue weighted by Gasteiger charge is -2.43. The number of anilines is 1. The number of carboxylic acids is 1. The Kier molecular flexibility index (Phi) is 3.74. The van der Waals surface area contributed by atoms with Crippen molar-refractivity contribution in [3.8, 4) is 0 Å². The van der Waals surface area contributed by atoms with Gasteiger partial charge in [0.05, 0.1) is 21.7 Å². The summed E-state index contributed by atoms with van der Waals surface area (Å²) in [7, 11) is 0. The average molecular weight is 388 g/mol. The number of hydrogen-bond donors (Lipinski definition) is 2. The standard InChI is InChI=1S/C21H19Cl2NO2/c22-15-5-3-12(9-16(15)23)20-19-11-2-1-10(7-11)18(19)14-8-13(21(25)26)4-6-17(14)24-20/h3-6,8-11,18-20,24H,1-2,7H2,(H,25,26)/t10-,11-,18-,19+,20+/m0/s1. The van der Waals surface area contributed by atoms with E-state index in [0.29, 0.717) is 39.3 Å². The number of nitrogens with one attached hydrogen (secondary N) is 1. The van der Waals surface area contributed by atoms with Crippen LogP contribution in [0.3, 0.4) is 0 Å². The van der Waals surface area contributed by atoms with E-state index in [1.54, 1.807) is 6.07 Å². The molecule has 0 unspecified atom stereocenters. The number of halogens is 2. The molecule has 134 valence electrons. The minimum absolute atomic E-state index is 0.188. The largest absolute Gasteiger partial charge is 0.478 e. The highest BCUT2D eigenvalue weighted by Crippen LogP contribution is 2.63. The number of fused-ring (bicyclic) bond motifs is 7. The molecule has 2 bridgehead atoms. The van der Waals surface area contributed by atoms with E-state index < -0.39 is 5.97 Å². The summed E-state index contributed by atoms with van der Waals surface area (Å²) in [6, 6.07) is 11.6. The van der Waals surface area contributed by atoms with Crippen LogP contribution < -0.4 is 5.32 Å². The summed E-state index contributed by atoms with van der Waals surface area (Å²) in [5.74, 6) is 1.36. The van der Waals surface area contributed by atoms with Crippen LogP contribution in [-0.2, 0) is 0 Å². The Balaban J connectivity index is 1.63. The number of rotatable bonds is 2. The fourth-order valence-electron chi connectivity index (χ4n) is 5.65. The van der Waals surface area contributed by atoms with Gasteiger partial charge in [-0.15, -0.1) is 0 Å². The first kappa shape index (κ1) is 16.5. The number of aromatic carboxylic acids is 1. The van der Waals surface area contributed by atoms with Gasteiger partial charge < -0.3 is 10.4 Å². The van der Waals surface area contributed by atoms with Crippen LogP contribution in [0, 0.1) is 17.8 Å². The molecule has 0 aromatic heterocycles. The van der Waals surface area contributed by atoms with Crippen LogP contribution in [0.2, 0.25) is 10.0 Å². The van der Waals surface area contributed by atoms with Crippen LogP contribution in [-0.4, -0.2) is 11.1 Å². The van der Waals surface area contributed by atoms with Gasteiger partial charge in [0.2, 0.25) is 0 Å². The topological polar surface area (TPSA) is 49.3 Å². The van der Waals surface area contributed by atoms with Gasteiger partial charge in [0.15, 0.2) is 0 Å². The zero-order chi connectivity index (χ0) is 18.0. The highest BCUT2D eigenvalue weighted by molar-refractivity contribution is 6.42. The minimum Gasteiger partial charge on any atom is -0.478 e. The lowest BCUT2D eigenvalue weighted by molar-refractivity contribution is 0.0696. The van der Waals surface area contributed by atoms with E-state index >= 15 is 0 Å². The predicted octanol–water partition coefficient (Wildman–Crippen LogP) is 5.99. The van der Waals surface area contributed by atoms with E-state index in [9.17, 15) is 9.90 Å². The van der Waals surface area contributed by atoms with Gasteiger partial charge in [-0.25, -0.2) is 4.79 Å². The number of carbonyl (C=O) groups is 1. The smallest absolute Gasteiger partial charge is 0.335 e. The number of carboxylic acid groups (broad SMARTS) is 1. The molecule has 2 aliphatic carbocycles. The van der Waals surface area contributed by atoms with Gasteiger partial charge in [-0.2, -0.15) is 0 Å². The van der Waals surface area contributed by atoms with Crippen molar-refractivity contribution in [1.82, 2.24) is 0 Å². The summed E-state index contributed by atoms with van der Waals surface area (Å²) in [5.41, 5.74) is 3.77. The molecule has 2 N–H and O–H groups in total. The van der Waals surface area contributed by atoms with Crippen molar-refractivity contribution in [3.63, 3.8) is 0 Å². The molecule has 5 rings (SSSR count). The van der Waals surface area contributed by atoms with Gasteiger partial charge in [-0.05, 0) is 84.4 Å². The van der Waals surface area contributed by atoms with E-state index in [-0.39, 0.29) is 6.04 Å². The molecule has 2 aromatic carbocycles. The van der Waals surface area contributed by atoms with Crippen LogP contribution >= 0.6 is 23.2 Å². The SMILES string of the molecule is O=C(O)c1ccc2c(c1)[C@@H]1[C@H]3CC[C@@H](C3)[C@H]1[C@@H](c1ccc(Cl)c(Cl)c1)N2. The lowest BCUT2D eigenvalue weighted by atomic mass is 9.68. The third-order valence-electron chi connectivity index (χ3n) is 6.64. The van der Waals surface area contributed by atoms with Crippen molar-refractivity contribution in [1.29, 1.82) is 0 Å². The van der Waals surface area contributed by atoms with Gasteiger partial charge >= 0.3 is 5.97 Å². The lowest BCUT2D eigenvalue weighted by Crippen LogP contribution is -2.35. The maximum Gasteiger partial charge on any atom is 0.335 e. The van der Waals surface area contributed by atoms with Crippen LogP contribution in [0.1, 0.15) is 52.7 Å². The van der Waals surface area contributed by atoms with Gasteiger partial charge in [0, 0.05) is 5.69 Å². The molecule has 2 fully saturated rings. The molecule has 0 amide bonds. The molecule has 0 saturated heterocycles. The van der Waals surface area contributed by atoms with Crippen LogP contribution in [0.5, 0.6) is 0 Å². The average Bonchev–Trinajstić information content (AvgIpc) is 3.25. The molecule has 2 saturated carbocycles. The summed E-state index contributed by atoms with van der Waals surface area (Å²) in [6.07, 6.45) is 3.75. The summed E-state index contributed by atoms with van der Waals surface area (Å²) < 4.78 is 0. The van der Waals surface area contributed by atoms with Crippen LogP contribution in [0.4, 0.5) is 5.69 Å². The monoisotopic (exact) mass is 387 g/mol. The second-order valence-electron chi connectivity index (χ2n) is 7.84. The zero-order valence-corrected chi connectivity index (χ0v) is 15.6. The predicted molar refractivity (Wildman–Crippen MR) is 103 cm³/mol. The molecule has 1 aliphatic heterocycles. The Morgan fingerprint density at radius 2 is 1.85 bits per heavy atom. The van der Waals surface area contributed by atoms with E-state index in [4.69, 9.17) is 23.2 Å². The summed E-state index contributed by atoms with van der Waals surface area (Å²) in [6.45, 7) is 0. The quantitative estimate of drug-likeness (QED) is 0.665. The Hall–Kier alpha value is -1.71. The zero-order valence-electron chi connectivity index (χ0n) is 14.1. The van der Waals surface area contributed by atoms with Crippen molar-refractivity contribution >= 4 is 34.9 Å². The van der Waals surface area contributed by atoms with Crippen molar-refractivity contribution in [2.75, 3.05) is 5.32 Å². The van der Waals surface area contributed by atoms with Crippen LogP contribution in [0.15, 0.2) is 36.4 Å². The molecule has 5 atom stereocenters. The molecule has 0 spiro atoms. The second-order valence-corrected chi connectivity index (χ2v) is 8.65. The van der Waals surface area contributed by atoms with Gasteiger partial charge in [0.25, 0.3) is 0 Å². The van der Waals surface area contributed by atoms with Crippen LogP contribution in [0.25, 0.3) is 0 Å². The maximum absolute atomic E-state index is 11.4. The minimum atomic E-state index is -0.862. The fraction of sp³-hybridized carbons (Fsp3) is 0.381. The summed E-state index contributed by atoms with van der Waals surface area (Å²) in [5, 5.41) is 14.2. The van der Waals surface area contributed by atoms with Crippen molar-refractivity contribution in [2.24, 2.45) is 17.8 Å². The molecule has 26 heavy (non-hydrogen) atoms. The van der Waals surface area contributed by atoms with Crippen molar-refractivity contribution < 1.29 is 9.90 Å². The van der Waals surface area contributed by atoms with E-state index in [0.717, 1.165) is 11.3 Å². The Labute approximate surface area is 162 Å². The number of hydrogen-bond acceptors (Lipinski definition) is 2. The highest BCUT2D eigenvalue weighted by atomic mass is 35.5. The summed E-state index contributed by atoms with van der Waals surface area (Å²) in [4.78, 5) is 11.4. The molecular formula is C21H19Cl2NO2. The van der Waals surface area contributed by atoms with E-state index in [1.165, 1.54) is 24.8 Å². The normalized spacial score (nSPS) is 31.2.